The van der Waals surface area contributed by atoms with Crippen LogP contribution in [0.5, 0.6) is 0 Å². The topological polar surface area (TPSA) is 83.2 Å². The maximum Gasteiger partial charge on any atom is 0.160 e. The number of nitriles is 2. The van der Waals surface area contributed by atoms with Crippen LogP contribution in [-0.4, -0.2) is 19.1 Å². The highest BCUT2D eigenvalue weighted by Crippen LogP contribution is 2.43. The molecule has 0 aliphatic rings. The molecular weight excluding hydrogens is 877 g/mol. The van der Waals surface area contributed by atoms with Crippen molar-refractivity contribution in [2.45, 2.75) is 0 Å². The second-order valence-electron chi connectivity index (χ2n) is 18.0. The van der Waals surface area contributed by atoms with Gasteiger partial charge in [0.05, 0.1) is 68.1 Å². The molecule has 0 spiro atoms. The Morgan fingerprint density at radius 1 is 0.292 bits per heavy atom. The quantitative estimate of drug-likeness (QED) is 0.152. The Morgan fingerprint density at radius 2 is 0.708 bits per heavy atom. The highest BCUT2D eigenvalue weighted by atomic mass is 15.0. The predicted molar refractivity (Wildman–Crippen MR) is 293 cm³/mol. The van der Waals surface area contributed by atoms with E-state index in [4.69, 9.17) is 9.97 Å². The molecule has 0 bridgehead atoms. The molecule has 6 heteroatoms. The number of hydrogen-bond acceptors (Lipinski definition) is 4. The van der Waals surface area contributed by atoms with Crippen molar-refractivity contribution in [3.8, 4) is 90.8 Å². The molecule has 0 radical (unpaired) electrons. The zero-order chi connectivity index (χ0) is 48.1. The molecule has 0 amide bonds. The van der Waals surface area contributed by atoms with E-state index in [0.29, 0.717) is 17.0 Å². The SMILES string of the molecule is N#Cc1ccc(-c2ccc3c(c2)c2ccccc2n3-c2ccccc2-c2ccc(-c3nc(-c4ccccc4)cc(-c4ccccc4)n3)cc2-n2c3ccccc3c3cc(-c4ccc(C#N)cc4)ccc32)cc1. The van der Waals surface area contributed by atoms with Gasteiger partial charge in [0.15, 0.2) is 5.82 Å². The molecule has 13 rings (SSSR count). The molecule has 3 heterocycles. The number of para-hydroxylation sites is 3. The number of fused-ring (bicyclic) bond motifs is 6. The molecule has 0 fully saturated rings. The minimum Gasteiger partial charge on any atom is -0.309 e. The normalized spacial score (nSPS) is 11.3. The summed E-state index contributed by atoms with van der Waals surface area (Å²) in [6.07, 6.45) is 0. The van der Waals surface area contributed by atoms with Gasteiger partial charge in [-0.15, -0.1) is 0 Å². The standard InChI is InChI=1S/C66H40N6/c67-41-43-23-27-45(28-24-43)49-32-35-63-56(37-49)53-18-8-11-21-61(53)71(63)60-20-10-7-17-52(60)55-34-31-51(66-69-58(47-13-3-1-4-14-47)40-59(70-66)48-15-5-2-6-16-48)39-65(55)72-62-22-12-9-19-54(62)57-38-50(33-36-64(57)72)46-29-25-44(42-68)26-30-46/h1-40H. The van der Waals surface area contributed by atoms with E-state index in [1.165, 1.54) is 0 Å². The van der Waals surface area contributed by atoms with Crippen LogP contribution in [-0.2, 0) is 0 Å². The summed E-state index contributed by atoms with van der Waals surface area (Å²) < 4.78 is 4.80. The number of benzene rings is 10. The van der Waals surface area contributed by atoms with Crippen molar-refractivity contribution in [1.82, 2.24) is 19.1 Å². The van der Waals surface area contributed by atoms with Crippen LogP contribution in [0.3, 0.4) is 0 Å². The first-order valence-corrected chi connectivity index (χ1v) is 23.9. The minimum absolute atomic E-state index is 0.626. The van der Waals surface area contributed by atoms with E-state index < -0.39 is 0 Å². The Morgan fingerprint density at radius 3 is 1.24 bits per heavy atom. The van der Waals surface area contributed by atoms with Gasteiger partial charge in [0, 0.05) is 49.4 Å². The van der Waals surface area contributed by atoms with Crippen LogP contribution in [0.25, 0.3) is 122 Å². The lowest BCUT2D eigenvalue weighted by atomic mass is 9.98. The Hall–Kier alpha value is -10.1. The van der Waals surface area contributed by atoms with E-state index in [0.717, 1.165) is 116 Å². The van der Waals surface area contributed by atoms with Gasteiger partial charge in [-0.05, 0) is 101 Å². The highest BCUT2D eigenvalue weighted by molar-refractivity contribution is 6.13. The van der Waals surface area contributed by atoms with E-state index >= 15 is 0 Å². The van der Waals surface area contributed by atoms with Gasteiger partial charge in [0.2, 0.25) is 0 Å². The van der Waals surface area contributed by atoms with Gasteiger partial charge in [-0.2, -0.15) is 10.5 Å². The third-order valence-corrected chi connectivity index (χ3v) is 13.8. The largest absolute Gasteiger partial charge is 0.309 e. The molecule has 0 N–H and O–H groups in total. The van der Waals surface area contributed by atoms with E-state index in [-0.39, 0.29) is 0 Å². The van der Waals surface area contributed by atoms with Crippen molar-refractivity contribution in [2.75, 3.05) is 0 Å². The average Bonchev–Trinajstić information content (AvgIpc) is 3.97. The lowest BCUT2D eigenvalue weighted by Crippen LogP contribution is -2.03. The van der Waals surface area contributed by atoms with E-state index in [2.05, 4.69) is 179 Å². The first kappa shape index (κ1) is 42.0. The van der Waals surface area contributed by atoms with Crippen LogP contribution in [0.4, 0.5) is 0 Å². The second-order valence-corrected chi connectivity index (χ2v) is 18.0. The van der Waals surface area contributed by atoms with Gasteiger partial charge in [-0.3, -0.25) is 0 Å². The van der Waals surface area contributed by atoms with Gasteiger partial charge < -0.3 is 9.13 Å². The average molecular weight is 917 g/mol. The molecule has 0 saturated carbocycles. The van der Waals surface area contributed by atoms with Gasteiger partial charge in [-0.1, -0.05) is 164 Å². The molecule has 13 aromatic rings. The molecule has 0 saturated heterocycles. The molecular formula is C66H40N6. The summed E-state index contributed by atoms with van der Waals surface area (Å²) in [5.41, 5.74) is 18.6. The molecule has 72 heavy (non-hydrogen) atoms. The van der Waals surface area contributed by atoms with E-state index in [1.54, 1.807) is 0 Å². The summed E-state index contributed by atoms with van der Waals surface area (Å²) in [6, 6.07) is 88.8. The van der Waals surface area contributed by atoms with Crippen molar-refractivity contribution < 1.29 is 0 Å². The first-order valence-electron chi connectivity index (χ1n) is 23.9. The van der Waals surface area contributed by atoms with Crippen LogP contribution < -0.4 is 0 Å². The van der Waals surface area contributed by atoms with Crippen LogP contribution in [0.15, 0.2) is 243 Å². The Bertz CT molecular complexity index is 4270. The van der Waals surface area contributed by atoms with Gasteiger partial charge in [0.25, 0.3) is 0 Å². The smallest absolute Gasteiger partial charge is 0.160 e. The third-order valence-electron chi connectivity index (χ3n) is 13.8. The fourth-order valence-electron chi connectivity index (χ4n) is 10.4. The van der Waals surface area contributed by atoms with Crippen molar-refractivity contribution in [2.24, 2.45) is 0 Å². The molecule has 3 aromatic heterocycles. The minimum atomic E-state index is 0.626. The number of aromatic nitrogens is 4. The van der Waals surface area contributed by atoms with Crippen molar-refractivity contribution >= 4 is 43.6 Å². The molecule has 334 valence electrons. The fourth-order valence-corrected chi connectivity index (χ4v) is 10.4. The fraction of sp³-hybridized carbons (Fsp3) is 0. The van der Waals surface area contributed by atoms with Crippen molar-refractivity contribution in [3.05, 3.63) is 254 Å². The van der Waals surface area contributed by atoms with Crippen molar-refractivity contribution in [1.29, 1.82) is 10.5 Å². The molecule has 10 aromatic carbocycles. The molecule has 6 nitrogen and oxygen atoms in total. The van der Waals surface area contributed by atoms with Gasteiger partial charge in [-0.25, -0.2) is 9.97 Å². The zero-order valence-corrected chi connectivity index (χ0v) is 38.8. The lowest BCUT2D eigenvalue weighted by Gasteiger charge is -2.20. The summed E-state index contributed by atoms with van der Waals surface area (Å²) in [6.45, 7) is 0. The molecule has 0 aliphatic heterocycles. The summed E-state index contributed by atoms with van der Waals surface area (Å²) in [5, 5.41) is 23.6. The highest BCUT2D eigenvalue weighted by Gasteiger charge is 2.23. The van der Waals surface area contributed by atoms with E-state index in [9.17, 15) is 10.5 Å². The lowest BCUT2D eigenvalue weighted by molar-refractivity contribution is 1.15. The summed E-state index contributed by atoms with van der Waals surface area (Å²) in [4.78, 5) is 10.6. The maximum absolute atomic E-state index is 9.56. The maximum atomic E-state index is 9.56. The summed E-state index contributed by atoms with van der Waals surface area (Å²) in [7, 11) is 0. The Kier molecular flexibility index (Phi) is 10.2. The number of rotatable bonds is 8. The Balaban J connectivity index is 1.07. The van der Waals surface area contributed by atoms with Crippen LogP contribution in [0.2, 0.25) is 0 Å². The molecule has 0 aliphatic carbocycles. The Labute approximate surface area is 415 Å². The first-order chi connectivity index (χ1) is 35.6. The monoisotopic (exact) mass is 916 g/mol. The third kappa shape index (κ3) is 7.19. The van der Waals surface area contributed by atoms with Crippen LogP contribution in [0, 0.1) is 22.7 Å². The number of hydrogen-bond donors (Lipinski definition) is 0. The molecule has 0 atom stereocenters. The van der Waals surface area contributed by atoms with E-state index in [1.807, 2.05) is 84.9 Å². The van der Waals surface area contributed by atoms with Crippen LogP contribution >= 0.6 is 0 Å². The predicted octanol–water partition coefficient (Wildman–Crippen LogP) is 16.4. The second kappa shape index (κ2) is 17.4. The number of nitrogens with zero attached hydrogens (tertiary/aromatic N) is 6. The van der Waals surface area contributed by atoms with Crippen molar-refractivity contribution in [3.63, 3.8) is 0 Å². The molecule has 0 unspecified atom stereocenters. The summed E-state index contributed by atoms with van der Waals surface area (Å²) >= 11 is 0. The van der Waals surface area contributed by atoms with Crippen LogP contribution in [0.1, 0.15) is 11.1 Å². The summed E-state index contributed by atoms with van der Waals surface area (Å²) in [5.74, 6) is 0.626. The van der Waals surface area contributed by atoms with Gasteiger partial charge >= 0.3 is 0 Å². The van der Waals surface area contributed by atoms with Gasteiger partial charge in [0.1, 0.15) is 0 Å². The zero-order valence-electron chi connectivity index (χ0n) is 38.8.